The maximum Gasteiger partial charge on any atom is 0.416 e. The zero-order valence-corrected chi connectivity index (χ0v) is 21.5. The predicted molar refractivity (Wildman–Crippen MR) is 137 cm³/mol. The van der Waals surface area contributed by atoms with Crippen molar-refractivity contribution in [3.63, 3.8) is 0 Å². The summed E-state index contributed by atoms with van der Waals surface area (Å²) in [6.07, 6.45) is -3.49. The minimum absolute atomic E-state index is 0.0981. The summed E-state index contributed by atoms with van der Waals surface area (Å²) in [5.41, 5.74) is 0.167. The monoisotopic (exact) mass is 564 g/mol. The van der Waals surface area contributed by atoms with E-state index in [4.69, 9.17) is 21.6 Å². The van der Waals surface area contributed by atoms with Crippen LogP contribution in [0.4, 0.5) is 23.2 Å². The fraction of sp³-hybridized carbons (Fsp3) is 0.222. The van der Waals surface area contributed by atoms with Crippen LogP contribution in [-0.4, -0.2) is 21.1 Å². The summed E-state index contributed by atoms with van der Waals surface area (Å²) in [4.78, 5) is -0.533. The summed E-state index contributed by atoms with van der Waals surface area (Å²) >= 11 is 6.17. The van der Waals surface area contributed by atoms with Crippen LogP contribution in [0.25, 0.3) is 11.6 Å². The predicted octanol–water partition coefficient (Wildman–Crippen LogP) is 7.32. The highest BCUT2D eigenvalue weighted by Gasteiger charge is 2.37. The van der Waals surface area contributed by atoms with Gasteiger partial charge in [-0.25, -0.2) is 12.8 Å². The number of halogens is 5. The number of fused-ring (bicyclic) bond motifs is 1. The molecule has 4 rings (SSSR count). The molecule has 3 aromatic rings. The molecule has 1 aliphatic rings. The largest absolute Gasteiger partial charge is 0.486 e. The minimum Gasteiger partial charge on any atom is -0.486 e. The third-order valence-corrected chi connectivity index (χ3v) is 8.07. The number of benzene rings is 3. The Balaban J connectivity index is 1.81. The number of anilines is 1. The van der Waals surface area contributed by atoms with Crippen molar-refractivity contribution in [2.24, 2.45) is 0 Å². The number of sulfonamides is 1. The van der Waals surface area contributed by atoms with E-state index in [0.29, 0.717) is 17.2 Å². The number of hydrogen-bond donors (Lipinski definition) is 0. The molecule has 3 aromatic carbocycles. The molecule has 0 amide bonds. The molecule has 0 aromatic heterocycles. The second-order valence-electron chi connectivity index (χ2n) is 8.65. The zero-order valence-electron chi connectivity index (χ0n) is 20.0. The lowest BCUT2D eigenvalue weighted by Crippen LogP contribution is -2.43. The minimum atomic E-state index is -4.73. The molecule has 0 aliphatic carbocycles. The third-order valence-electron chi connectivity index (χ3n) is 5.98. The van der Waals surface area contributed by atoms with E-state index in [1.807, 2.05) is 6.07 Å². The molecule has 0 N–H and O–H groups in total. The van der Waals surface area contributed by atoms with Crippen molar-refractivity contribution in [3.05, 3.63) is 88.2 Å². The maximum absolute atomic E-state index is 14.4. The van der Waals surface area contributed by atoms with Crippen LogP contribution < -0.4 is 9.04 Å². The van der Waals surface area contributed by atoms with E-state index in [-0.39, 0.29) is 41.4 Å². The molecule has 1 atom stereocenters. The number of rotatable bonds is 6. The summed E-state index contributed by atoms with van der Waals surface area (Å²) < 4.78 is 88.5. The topological polar surface area (TPSA) is 70.4 Å². The molecule has 1 heterocycles. The van der Waals surface area contributed by atoms with E-state index < -0.39 is 38.6 Å². The van der Waals surface area contributed by atoms with E-state index in [9.17, 15) is 26.0 Å². The average Bonchev–Trinajstić information content (AvgIpc) is 2.86. The van der Waals surface area contributed by atoms with Crippen LogP contribution in [-0.2, 0) is 16.2 Å². The molecule has 0 fully saturated rings. The second kappa shape index (κ2) is 10.7. The molecular formula is C27H21ClF4N2O3S. The summed E-state index contributed by atoms with van der Waals surface area (Å²) in [6.45, 7) is 1.44. The number of alkyl halides is 3. The molecule has 11 heteroatoms. The van der Waals surface area contributed by atoms with Crippen molar-refractivity contribution in [2.45, 2.75) is 36.9 Å². The van der Waals surface area contributed by atoms with Crippen LogP contribution in [0.2, 0.25) is 5.02 Å². The highest BCUT2D eigenvalue weighted by Crippen LogP contribution is 2.40. The van der Waals surface area contributed by atoms with Crippen LogP contribution in [0.3, 0.4) is 0 Å². The average molecular weight is 565 g/mol. The van der Waals surface area contributed by atoms with Gasteiger partial charge in [0, 0.05) is 12.0 Å². The van der Waals surface area contributed by atoms with Gasteiger partial charge in [0.15, 0.2) is 0 Å². The Kier molecular flexibility index (Phi) is 7.72. The third kappa shape index (κ3) is 5.64. The lowest BCUT2D eigenvalue weighted by atomic mass is 10.0. The van der Waals surface area contributed by atoms with Gasteiger partial charge in [0.1, 0.15) is 17.7 Å². The molecule has 0 spiro atoms. The standard InChI is InChI=1S/C27H21ClF4N2O3S/c1-17(26-22(28)8-3-9-23(26)29)13-18-10-11-25-24(14-18)34(16-20(37-25)6-4-12-33)38(35,36)21-7-2-5-19(15-21)27(30,31)32/h2-3,5,7-11,13-15,20H,4,6,16H2,1H3/t20-/m0/s1. The van der Waals surface area contributed by atoms with Gasteiger partial charge in [0.25, 0.3) is 10.0 Å². The molecule has 0 radical (unpaired) electrons. The highest BCUT2D eigenvalue weighted by molar-refractivity contribution is 7.92. The quantitative estimate of drug-likeness (QED) is 0.232. The Morgan fingerprint density at radius 3 is 2.61 bits per heavy atom. The molecule has 0 unspecified atom stereocenters. The normalized spacial score (nSPS) is 16.0. The van der Waals surface area contributed by atoms with Crippen LogP contribution in [0.15, 0.2) is 65.6 Å². The first-order valence-corrected chi connectivity index (χ1v) is 13.2. The van der Waals surface area contributed by atoms with Crippen LogP contribution in [0, 0.1) is 17.1 Å². The smallest absolute Gasteiger partial charge is 0.416 e. The van der Waals surface area contributed by atoms with E-state index in [1.165, 1.54) is 24.3 Å². The number of ether oxygens (including phenoxy) is 1. The Morgan fingerprint density at radius 2 is 1.92 bits per heavy atom. The number of nitrogens with zero attached hydrogens (tertiary/aromatic N) is 2. The van der Waals surface area contributed by atoms with E-state index >= 15 is 0 Å². The van der Waals surface area contributed by atoms with Gasteiger partial charge in [-0.05, 0) is 66.9 Å². The second-order valence-corrected chi connectivity index (χ2v) is 10.9. The van der Waals surface area contributed by atoms with Crippen molar-refractivity contribution >= 4 is 39.0 Å². The van der Waals surface area contributed by atoms with E-state index in [0.717, 1.165) is 22.5 Å². The van der Waals surface area contributed by atoms with Crippen molar-refractivity contribution in [1.29, 1.82) is 5.26 Å². The molecule has 0 bridgehead atoms. The van der Waals surface area contributed by atoms with Gasteiger partial charge in [0.2, 0.25) is 0 Å². The summed E-state index contributed by atoms with van der Waals surface area (Å²) in [5, 5.41) is 9.17. The van der Waals surface area contributed by atoms with Crippen LogP contribution in [0.5, 0.6) is 5.75 Å². The van der Waals surface area contributed by atoms with Crippen LogP contribution >= 0.6 is 11.6 Å². The number of hydrogen-bond acceptors (Lipinski definition) is 4. The Labute approximate surface area is 222 Å². The molecule has 5 nitrogen and oxygen atoms in total. The van der Waals surface area contributed by atoms with E-state index in [2.05, 4.69) is 0 Å². The molecule has 38 heavy (non-hydrogen) atoms. The molecular weight excluding hydrogens is 544 g/mol. The first-order valence-electron chi connectivity index (χ1n) is 11.4. The van der Waals surface area contributed by atoms with Gasteiger partial charge >= 0.3 is 6.18 Å². The fourth-order valence-electron chi connectivity index (χ4n) is 4.18. The summed E-state index contributed by atoms with van der Waals surface area (Å²) in [7, 11) is -4.46. The van der Waals surface area contributed by atoms with Crippen molar-refractivity contribution in [2.75, 3.05) is 10.8 Å². The fourth-order valence-corrected chi connectivity index (χ4v) is 6.04. The van der Waals surface area contributed by atoms with Gasteiger partial charge in [-0.2, -0.15) is 18.4 Å². The van der Waals surface area contributed by atoms with Crippen molar-refractivity contribution in [3.8, 4) is 11.8 Å². The summed E-state index contributed by atoms with van der Waals surface area (Å²) in [5.74, 6) is -0.338. The van der Waals surface area contributed by atoms with Gasteiger partial charge in [-0.15, -0.1) is 0 Å². The molecule has 0 saturated heterocycles. The van der Waals surface area contributed by atoms with Gasteiger partial charge in [-0.1, -0.05) is 35.9 Å². The molecule has 198 valence electrons. The highest BCUT2D eigenvalue weighted by atomic mass is 35.5. The van der Waals surface area contributed by atoms with Gasteiger partial charge in [-0.3, -0.25) is 4.31 Å². The SMILES string of the molecule is CC(=Cc1ccc2c(c1)N(S(=O)(=O)c1cccc(C(F)(F)F)c1)C[C@H](CCC#N)O2)c1c(F)cccc1Cl. The molecule has 0 saturated carbocycles. The molecule has 1 aliphatic heterocycles. The maximum atomic E-state index is 14.4. The number of nitriles is 1. The lowest BCUT2D eigenvalue weighted by molar-refractivity contribution is -0.137. The van der Waals surface area contributed by atoms with Crippen molar-refractivity contribution in [1.82, 2.24) is 0 Å². The number of allylic oxidation sites excluding steroid dienone is 1. The van der Waals surface area contributed by atoms with Gasteiger partial charge in [0.05, 0.1) is 33.8 Å². The Hall–Kier alpha value is -3.55. The Bertz CT molecular complexity index is 1530. The lowest BCUT2D eigenvalue weighted by Gasteiger charge is -2.35. The summed E-state index contributed by atoms with van der Waals surface area (Å²) in [6, 6.07) is 14.4. The van der Waals surface area contributed by atoms with E-state index in [1.54, 1.807) is 25.1 Å². The van der Waals surface area contributed by atoms with Gasteiger partial charge < -0.3 is 4.74 Å². The van der Waals surface area contributed by atoms with Crippen molar-refractivity contribution < 1.29 is 30.7 Å². The zero-order chi connectivity index (χ0) is 27.7. The first-order chi connectivity index (χ1) is 17.9. The first kappa shape index (κ1) is 27.5. The Morgan fingerprint density at radius 1 is 1.18 bits per heavy atom. The van der Waals surface area contributed by atoms with Crippen LogP contribution in [0.1, 0.15) is 36.5 Å².